The Balaban J connectivity index is 1.98. The number of ether oxygens (including phenoxy) is 1. The van der Waals surface area contributed by atoms with Gasteiger partial charge in [-0.15, -0.1) is 0 Å². The Labute approximate surface area is 66.9 Å². The fourth-order valence-corrected chi connectivity index (χ4v) is 2.01. The first-order valence-electron chi connectivity index (χ1n) is 4.30. The summed E-state index contributed by atoms with van der Waals surface area (Å²) in [6.45, 7) is 3.84. The van der Waals surface area contributed by atoms with E-state index in [-0.39, 0.29) is 11.5 Å². The molecule has 2 heteroatoms. The first-order valence-corrected chi connectivity index (χ1v) is 4.30. The predicted octanol–water partition coefficient (Wildman–Crippen LogP) is 1.53. The number of rotatable bonds is 1. The molecule has 2 aliphatic rings. The molecule has 0 amide bonds. The second-order valence-electron chi connectivity index (χ2n) is 4.00. The predicted molar refractivity (Wildman–Crippen MR) is 41.3 cm³/mol. The number of hydrogen-bond acceptors (Lipinski definition) is 2. The molecule has 2 fully saturated rings. The summed E-state index contributed by atoms with van der Waals surface area (Å²) in [6, 6.07) is 0. The van der Waals surface area contributed by atoms with Crippen LogP contribution in [0, 0.1) is 5.92 Å². The second kappa shape index (κ2) is 2.07. The molecule has 0 aromatic rings. The standard InChI is InChI=1S/C9H14O2/c1-6(10)7-3-4-9(2)8(5-7)11-9/h7-8H,3-5H2,1-2H3/t7?,8?,9-/m0/s1. The minimum atomic E-state index is 0.159. The lowest BCUT2D eigenvalue weighted by Crippen LogP contribution is -2.25. The number of carbonyl (C=O) groups is 1. The van der Waals surface area contributed by atoms with Gasteiger partial charge < -0.3 is 4.74 Å². The molecule has 62 valence electrons. The summed E-state index contributed by atoms with van der Waals surface area (Å²) in [4.78, 5) is 11.0. The van der Waals surface area contributed by atoms with Gasteiger partial charge in [0.2, 0.25) is 0 Å². The minimum Gasteiger partial charge on any atom is -0.366 e. The van der Waals surface area contributed by atoms with Crippen LogP contribution in [0.2, 0.25) is 0 Å². The van der Waals surface area contributed by atoms with E-state index in [1.807, 2.05) is 0 Å². The Hall–Kier alpha value is -0.370. The van der Waals surface area contributed by atoms with Gasteiger partial charge in [-0.2, -0.15) is 0 Å². The van der Waals surface area contributed by atoms with Crippen LogP contribution in [0.4, 0.5) is 0 Å². The molecule has 0 aromatic heterocycles. The van der Waals surface area contributed by atoms with E-state index in [0.717, 1.165) is 19.3 Å². The van der Waals surface area contributed by atoms with Gasteiger partial charge in [0.15, 0.2) is 0 Å². The number of hydrogen-bond donors (Lipinski definition) is 0. The lowest BCUT2D eigenvalue weighted by molar-refractivity contribution is -0.121. The van der Waals surface area contributed by atoms with Crippen LogP contribution >= 0.6 is 0 Å². The first kappa shape index (κ1) is 7.29. The van der Waals surface area contributed by atoms with E-state index in [9.17, 15) is 4.79 Å². The Morgan fingerprint density at radius 1 is 1.64 bits per heavy atom. The Kier molecular flexibility index (Phi) is 1.37. The molecule has 2 rings (SSSR count). The zero-order chi connectivity index (χ0) is 8.06. The highest BCUT2D eigenvalue weighted by Gasteiger charge is 2.55. The molecule has 1 aliphatic heterocycles. The van der Waals surface area contributed by atoms with Crippen molar-refractivity contribution in [2.24, 2.45) is 5.92 Å². The highest BCUT2D eigenvalue weighted by molar-refractivity contribution is 5.78. The van der Waals surface area contributed by atoms with E-state index >= 15 is 0 Å². The van der Waals surface area contributed by atoms with Crippen LogP contribution in [0.15, 0.2) is 0 Å². The normalized spacial score (nSPS) is 48.2. The lowest BCUT2D eigenvalue weighted by atomic mass is 9.81. The average molecular weight is 154 g/mol. The molecular weight excluding hydrogens is 140 g/mol. The van der Waals surface area contributed by atoms with Crippen LogP contribution in [0.1, 0.15) is 33.1 Å². The highest BCUT2D eigenvalue weighted by Crippen LogP contribution is 2.49. The molecule has 0 radical (unpaired) electrons. The summed E-state index contributed by atoms with van der Waals surface area (Å²) in [5, 5.41) is 0. The number of carbonyl (C=O) groups excluding carboxylic acids is 1. The van der Waals surface area contributed by atoms with E-state index in [0.29, 0.717) is 11.9 Å². The maximum atomic E-state index is 11.0. The highest BCUT2D eigenvalue weighted by atomic mass is 16.6. The molecule has 0 aromatic carbocycles. The van der Waals surface area contributed by atoms with Gasteiger partial charge in [-0.05, 0) is 33.1 Å². The average Bonchev–Trinajstić information content (AvgIpc) is 2.58. The molecule has 1 saturated carbocycles. The summed E-state index contributed by atoms with van der Waals surface area (Å²) in [5.74, 6) is 0.623. The Morgan fingerprint density at radius 2 is 2.36 bits per heavy atom. The summed E-state index contributed by atoms with van der Waals surface area (Å²) >= 11 is 0. The molecular formula is C9H14O2. The lowest BCUT2D eigenvalue weighted by Gasteiger charge is -2.19. The molecule has 2 nitrogen and oxygen atoms in total. The van der Waals surface area contributed by atoms with Gasteiger partial charge in [0.1, 0.15) is 5.78 Å². The maximum absolute atomic E-state index is 11.0. The molecule has 0 N–H and O–H groups in total. The molecule has 0 bridgehead atoms. The maximum Gasteiger partial charge on any atom is 0.133 e. The molecule has 11 heavy (non-hydrogen) atoms. The van der Waals surface area contributed by atoms with Crippen molar-refractivity contribution >= 4 is 5.78 Å². The van der Waals surface area contributed by atoms with Crippen molar-refractivity contribution in [2.45, 2.75) is 44.8 Å². The second-order valence-corrected chi connectivity index (χ2v) is 4.00. The van der Waals surface area contributed by atoms with E-state index in [4.69, 9.17) is 4.74 Å². The van der Waals surface area contributed by atoms with Crippen LogP contribution in [0.25, 0.3) is 0 Å². The van der Waals surface area contributed by atoms with Crippen molar-refractivity contribution < 1.29 is 9.53 Å². The van der Waals surface area contributed by atoms with Crippen molar-refractivity contribution in [2.75, 3.05) is 0 Å². The molecule has 2 unspecified atom stereocenters. The van der Waals surface area contributed by atoms with Gasteiger partial charge in [0.05, 0.1) is 11.7 Å². The van der Waals surface area contributed by atoms with Gasteiger partial charge in [-0.1, -0.05) is 0 Å². The minimum absolute atomic E-state index is 0.159. The van der Waals surface area contributed by atoms with Crippen LogP contribution in [-0.4, -0.2) is 17.5 Å². The van der Waals surface area contributed by atoms with Crippen LogP contribution in [0.5, 0.6) is 0 Å². The number of ketones is 1. The third kappa shape index (κ3) is 1.09. The summed E-state index contributed by atoms with van der Waals surface area (Å²) < 4.78 is 5.49. The molecule has 3 atom stereocenters. The number of fused-ring (bicyclic) bond motifs is 1. The monoisotopic (exact) mass is 154 g/mol. The third-order valence-electron chi connectivity index (χ3n) is 3.10. The van der Waals surface area contributed by atoms with Crippen molar-refractivity contribution in [1.29, 1.82) is 0 Å². The molecule has 1 aliphatic carbocycles. The van der Waals surface area contributed by atoms with Gasteiger partial charge in [-0.3, -0.25) is 4.79 Å². The SMILES string of the molecule is CC(=O)C1CC[C@]2(C)OC2C1. The Morgan fingerprint density at radius 3 is 2.91 bits per heavy atom. The van der Waals surface area contributed by atoms with E-state index in [1.165, 1.54) is 0 Å². The van der Waals surface area contributed by atoms with E-state index in [1.54, 1.807) is 6.92 Å². The van der Waals surface area contributed by atoms with E-state index in [2.05, 4.69) is 6.92 Å². The fraction of sp³-hybridized carbons (Fsp3) is 0.889. The van der Waals surface area contributed by atoms with Crippen molar-refractivity contribution in [3.63, 3.8) is 0 Å². The quantitative estimate of drug-likeness (QED) is 0.536. The molecule has 0 spiro atoms. The largest absolute Gasteiger partial charge is 0.366 e. The van der Waals surface area contributed by atoms with Gasteiger partial charge >= 0.3 is 0 Å². The van der Waals surface area contributed by atoms with Crippen molar-refractivity contribution in [1.82, 2.24) is 0 Å². The molecule has 1 heterocycles. The topological polar surface area (TPSA) is 29.6 Å². The zero-order valence-corrected chi connectivity index (χ0v) is 7.09. The third-order valence-corrected chi connectivity index (χ3v) is 3.10. The van der Waals surface area contributed by atoms with Crippen LogP contribution < -0.4 is 0 Å². The fourth-order valence-electron chi connectivity index (χ4n) is 2.01. The van der Waals surface area contributed by atoms with Gasteiger partial charge in [0, 0.05) is 5.92 Å². The Bertz CT molecular complexity index is 200. The van der Waals surface area contributed by atoms with Gasteiger partial charge in [0.25, 0.3) is 0 Å². The van der Waals surface area contributed by atoms with Gasteiger partial charge in [-0.25, -0.2) is 0 Å². The van der Waals surface area contributed by atoms with Crippen molar-refractivity contribution in [3.05, 3.63) is 0 Å². The molecule has 1 saturated heterocycles. The summed E-state index contributed by atoms with van der Waals surface area (Å²) in [7, 11) is 0. The number of epoxide rings is 1. The van der Waals surface area contributed by atoms with Crippen LogP contribution in [-0.2, 0) is 9.53 Å². The van der Waals surface area contributed by atoms with Crippen LogP contribution in [0.3, 0.4) is 0 Å². The first-order chi connectivity index (χ1) is 5.12. The van der Waals surface area contributed by atoms with Crippen molar-refractivity contribution in [3.8, 4) is 0 Å². The zero-order valence-electron chi connectivity index (χ0n) is 7.09. The summed E-state index contributed by atoms with van der Waals surface area (Å²) in [6.07, 6.45) is 3.46. The summed E-state index contributed by atoms with van der Waals surface area (Å²) in [5.41, 5.74) is 0.159. The van der Waals surface area contributed by atoms with E-state index < -0.39 is 0 Å². The number of Topliss-reactive ketones (excluding diaryl/α,β-unsaturated/α-hetero) is 1. The smallest absolute Gasteiger partial charge is 0.133 e.